The molecular formula is C85H104N6O8S3. The summed E-state index contributed by atoms with van der Waals surface area (Å²) in [5.74, 6) is 6.79. The Labute approximate surface area is 622 Å². The van der Waals surface area contributed by atoms with Crippen LogP contribution in [0.5, 0.6) is 46.0 Å². The molecule has 2 aliphatic carbocycles. The monoisotopic (exact) mass is 1430 g/mol. The highest BCUT2D eigenvalue weighted by atomic mass is 32.1. The third kappa shape index (κ3) is 19.5. The van der Waals surface area contributed by atoms with Crippen molar-refractivity contribution in [3.8, 4) is 46.0 Å². The maximum Gasteiger partial charge on any atom is 0.175 e. The molecule has 0 amide bonds. The zero-order valence-electron chi connectivity index (χ0n) is 61.5. The van der Waals surface area contributed by atoms with Crippen molar-refractivity contribution in [2.45, 2.75) is 158 Å². The summed E-state index contributed by atoms with van der Waals surface area (Å²) < 4.78 is 55.4. The minimum absolute atomic E-state index is 0.418. The molecule has 8 aromatic rings. The van der Waals surface area contributed by atoms with Gasteiger partial charge in [0.15, 0.2) is 15.3 Å². The van der Waals surface area contributed by atoms with E-state index in [1.54, 1.807) is 0 Å². The topological polar surface area (TPSA) is 146 Å². The van der Waals surface area contributed by atoms with Crippen LogP contribution in [-0.2, 0) is 51.4 Å². The molecule has 0 spiro atoms. The van der Waals surface area contributed by atoms with Gasteiger partial charge in [-0.1, -0.05) is 128 Å². The molecule has 2 aliphatic rings. The quantitative estimate of drug-likeness (QED) is 0.0258. The molecule has 6 N–H and O–H groups in total. The molecule has 540 valence electrons. The van der Waals surface area contributed by atoms with Crippen LogP contribution >= 0.6 is 36.7 Å². The first-order chi connectivity index (χ1) is 49.8. The molecule has 8 aromatic carbocycles. The third-order valence-electron chi connectivity index (χ3n) is 17.8. The van der Waals surface area contributed by atoms with Crippen LogP contribution in [0.4, 0.5) is 22.7 Å². The number of hydrogen-bond donors (Lipinski definition) is 6. The van der Waals surface area contributed by atoms with Crippen molar-refractivity contribution >= 4 is 74.7 Å². The van der Waals surface area contributed by atoms with E-state index in [0.29, 0.717) is 120 Å². The van der Waals surface area contributed by atoms with Gasteiger partial charge in [0, 0.05) is 133 Å². The normalized spacial score (nSPS) is 12.3. The molecule has 17 heteroatoms. The second-order valence-electron chi connectivity index (χ2n) is 26.3. The number of fused-ring (bicyclic) bond motifs is 16. The standard InChI is InChI=1S/C85H104N6O8S3/c1-11-31-92-75-55-23-19-27-59(75)43-67-51-73(52-68(81(67)98-37-17-7)44-60-28-20-24-56(76(60)93-32-12-2)40-64-48-71(88-83(100)86-9)47-63(39-55)79(64)96-35-15-5)90-85(102)91-74-53-69-45-61-29-21-25-57(77(61)94-33-13-3)41-65-49-72(89-84(101)87-10)50-66(80(65)97-36-16-6)42-58-26-22-30-62(78(58)95-34-14-4)46-70(54-74)82(69)99-38-18-8/h19-30,47-54H,11-18,31-46H2,1-10H3,(H2,86,88,100)(H2,87,89,101)(H2,90,91,102). The van der Waals surface area contributed by atoms with Crippen LogP contribution in [0.2, 0.25) is 0 Å². The highest BCUT2D eigenvalue weighted by Gasteiger charge is 2.27. The third-order valence-corrected chi connectivity index (χ3v) is 18.6. The van der Waals surface area contributed by atoms with Crippen molar-refractivity contribution in [2.75, 3.05) is 88.2 Å². The van der Waals surface area contributed by atoms with Gasteiger partial charge in [0.2, 0.25) is 0 Å². The summed E-state index contributed by atoms with van der Waals surface area (Å²) in [7, 11) is 3.67. The van der Waals surface area contributed by atoms with Crippen molar-refractivity contribution in [3.63, 3.8) is 0 Å². The fourth-order valence-electron chi connectivity index (χ4n) is 13.5. The number of para-hydroxylation sites is 4. The number of ether oxygens (including phenoxy) is 8. The van der Waals surface area contributed by atoms with Crippen LogP contribution in [0.25, 0.3) is 0 Å². The summed E-state index contributed by atoms with van der Waals surface area (Å²) in [4.78, 5) is 0. The SMILES string of the molecule is CCCOc1c2cccc1Cc1cc(NC(=S)Nc3cc4c(OCCC)c(c3)Cc3cccc(c3OCCC)Cc3cc(NC(=S)NC)cc(c3OCCC)Cc3cccc(c3OCCC)C4)cc(c1OCCC)Cc1cccc(c1OCCC)Cc1cc(NC(=S)NC)cc(c1OCCC)C2. The van der Waals surface area contributed by atoms with Crippen LogP contribution in [-0.4, -0.2) is 82.3 Å². The lowest BCUT2D eigenvalue weighted by molar-refractivity contribution is 0.304. The summed E-state index contributed by atoms with van der Waals surface area (Å²) in [6, 6.07) is 43.5. The van der Waals surface area contributed by atoms with Crippen LogP contribution in [0.3, 0.4) is 0 Å². The number of rotatable bonds is 28. The van der Waals surface area contributed by atoms with Gasteiger partial charge in [-0.3, -0.25) is 0 Å². The van der Waals surface area contributed by atoms with Gasteiger partial charge in [-0.05, 0) is 181 Å². The van der Waals surface area contributed by atoms with Gasteiger partial charge in [-0.25, -0.2) is 0 Å². The molecule has 102 heavy (non-hydrogen) atoms. The van der Waals surface area contributed by atoms with E-state index in [-0.39, 0.29) is 0 Å². The number of hydrogen-bond acceptors (Lipinski definition) is 11. The molecule has 0 saturated carbocycles. The van der Waals surface area contributed by atoms with Crippen LogP contribution < -0.4 is 69.8 Å². The predicted octanol–water partition coefficient (Wildman–Crippen LogP) is 19.0. The lowest BCUT2D eigenvalue weighted by Crippen LogP contribution is -2.24. The zero-order chi connectivity index (χ0) is 71.9. The first-order valence-electron chi connectivity index (χ1n) is 37.0. The fraction of sp³-hybridized carbons (Fsp3) is 0.400. The summed E-state index contributed by atoms with van der Waals surface area (Å²) in [5.41, 5.74) is 19.8. The van der Waals surface area contributed by atoms with E-state index >= 15 is 0 Å². The van der Waals surface area contributed by atoms with Crippen molar-refractivity contribution in [1.29, 1.82) is 0 Å². The maximum absolute atomic E-state index is 7.02. The second-order valence-corrected chi connectivity index (χ2v) is 27.5. The Kier molecular flexibility index (Phi) is 28.2. The Balaban J connectivity index is 1.12. The van der Waals surface area contributed by atoms with E-state index in [4.69, 9.17) is 74.5 Å². The fourth-order valence-corrected chi connectivity index (χ4v) is 13.9. The van der Waals surface area contributed by atoms with Crippen molar-refractivity contribution in [3.05, 3.63) is 210 Å². The molecule has 16 bridgehead atoms. The molecule has 10 rings (SSSR count). The highest BCUT2D eigenvalue weighted by Crippen LogP contribution is 2.45. The van der Waals surface area contributed by atoms with E-state index in [1.165, 1.54) is 0 Å². The van der Waals surface area contributed by atoms with E-state index in [9.17, 15) is 0 Å². The second kappa shape index (κ2) is 37.9. The molecular weight excluding hydrogens is 1330 g/mol. The molecule has 0 saturated heterocycles. The highest BCUT2D eigenvalue weighted by molar-refractivity contribution is 7.81. The largest absolute Gasteiger partial charge is 0.493 e. The first-order valence-corrected chi connectivity index (χ1v) is 38.2. The van der Waals surface area contributed by atoms with Crippen molar-refractivity contribution in [1.82, 2.24) is 10.6 Å². The average molecular weight is 1430 g/mol. The summed E-state index contributed by atoms with van der Waals surface area (Å²) in [6.07, 6.45) is 10.9. The minimum Gasteiger partial charge on any atom is -0.493 e. The molecule has 0 fully saturated rings. The number of nitrogens with one attached hydrogen (secondary N) is 6. The van der Waals surface area contributed by atoms with Gasteiger partial charge in [0.25, 0.3) is 0 Å². The average Bonchev–Trinajstić information content (AvgIpc) is 0.781. The Bertz CT molecular complexity index is 3740. The van der Waals surface area contributed by atoms with Gasteiger partial charge >= 0.3 is 0 Å². The Morgan fingerprint density at radius 2 is 0.392 bits per heavy atom. The van der Waals surface area contributed by atoms with E-state index in [1.807, 2.05) is 14.1 Å². The van der Waals surface area contributed by atoms with E-state index in [2.05, 4.69) is 209 Å². The molecule has 0 radical (unpaired) electrons. The number of benzene rings is 8. The lowest BCUT2D eigenvalue weighted by atomic mass is 9.90. The zero-order valence-corrected chi connectivity index (χ0v) is 64.0. The Morgan fingerprint density at radius 1 is 0.245 bits per heavy atom. The van der Waals surface area contributed by atoms with Gasteiger partial charge in [0.1, 0.15) is 46.0 Å². The summed E-state index contributed by atoms with van der Waals surface area (Å²) >= 11 is 18.0. The van der Waals surface area contributed by atoms with Crippen molar-refractivity contribution in [2.24, 2.45) is 0 Å². The van der Waals surface area contributed by atoms with E-state index in [0.717, 1.165) is 209 Å². The van der Waals surface area contributed by atoms with Crippen LogP contribution in [0.15, 0.2) is 121 Å². The first kappa shape index (κ1) is 75.9. The summed E-state index contributed by atoms with van der Waals surface area (Å²) in [5, 5.41) is 22.1. The molecule has 0 unspecified atom stereocenters. The molecule has 0 heterocycles. The minimum atomic E-state index is 0.418. The van der Waals surface area contributed by atoms with E-state index < -0.39 is 0 Å². The predicted molar refractivity (Wildman–Crippen MR) is 431 cm³/mol. The summed E-state index contributed by atoms with van der Waals surface area (Å²) in [6.45, 7) is 21.5. The Morgan fingerprint density at radius 3 is 0.539 bits per heavy atom. The smallest absolute Gasteiger partial charge is 0.175 e. The van der Waals surface area contributed by atoms with Gasteiger partial charge < -0.3 is 69.8 Å². The number of thiocarbonyl (C=S) groups is 3. The Hall–Kier alpha value is -8.77. The van der Waals surface area contributed by atoms with Gasteiger partial charge in [0.05, 0.1) is 52.9 Å². The maximum atomic E-state index is 7.02. The van der Waals surface area contributed by atoms with Crippen molar-refractivity contribution < 1.29 is 37.9 Å². The molecule has 0 aromatic heterocycles. The van der Waals surface area contributed by atoms with Gasteiger partial charge in [-0.15, -0.1) is 0 Å². The molecule has 0 aliphatic heterocycles. The number of anilines is 4. The van der Waals surface area contributed by atoms with Crippen LogP contribution in [0.1, 0.15) is 196 Å². The van der Waals surface area contributed by atoms with Gasteiger partial charge in [-0.2, -0.15) is 0 Å². The molecule has 0 atom stereocenters. The molecule has 14 nitrogen and oxygen atoms in total. The van der Waals surface area contributed by atoms with Crippen LogP contribution in [0, 0.1) is 0 Å². The lowest BCUT2D eigenvalue weighted by Gasteiger charge is -2.24.